The standard InChI is InChI=1S/C18H23N3O2/c1-5-11-9-15(22)19-20-17(11)12-6-7-14-13(8-12)18(2,3)10-16(23)21(14)4/h6-8,11H,5,9-10H2,1-4H3,(H,19,22). The summed E-state index contributed by atoms with van der Waals surface area (Å²) in [6, 6.07) is 6.13. The molecule has 0 bridgehead atoms. The summed E-state index contributed by atoms with van der Waals surface area (Å²) in [6.45, 7) is 6.28. The van der Waals surface area contributed by atoms with Gasteiger partial charge in [-0.15, -0.1) is 0 Å². The number of hydrogen-bond donors (Lipinski definition) is 1. The summed E-state index contributed by atoms with van der Waals surface area (Å²) >= 11 is 0. The van der Waals surface area contributed by atoms with Crippen molar-refractivity contribution in [2.45, 2.75) is 45.4 Å². The first-order valence-corrected chi connectivity index (χ1v) is 8.11. The van der Waals surface area contributed by atoms with Crippen molar-refractivity contribution in [2.24, 2.45) is 11.0 Å². The summed E-state index contributed by atoms with van der Waals surface area (Å²) in [6.07, 6.45) is 1.86. The summed E-state index contributed by atoms with van der Waals surface area (Å²) in [7, 11) is 1.82. The van der Waals surface area contributed by atoms with E-state index in [-0.39, 0.29) is 23.1 Å². The third-order valence-electron chi connectivity index (χ3n) is 4.96. The summed E-state index contributed by atoms with van der Waals surface area (Å²) in [5, 5.41) is 4.30. The fourth-order valence-corrected chi connectivity index (χ4v) is 3.47. The van der Waals surface area contributed by atoms with Crippen molar-refractivity contribution in [1.82, 2.24) is 5.43 Å². The smallest absolute Gasteiger partial charge is 0.240 e. The van der Waals surface area contributed by atoms with E-state index in [1.165, 1.54) is 0 Å². The molecule has 0 saturated heterocycles. The van der Waals surface area contributed by atoms with E-state index in [9.17, 15) is 9.59 Å². The number of hydrogen-bond acceptors (Lipinski definition) is 3. The Labute approximate surface area is 136 Å². The fraction of sp³-hybridized carbons (Fsp3) is 0.500. The highest BCUT2D eigenvalue weighted by atomic mass is 16.2. The molecule has 0 fully saturated rings. The largest absolute Gasteiger partial charge is 0.315 e. The summed E-state index contributed by atoms with van der Waals surface area (Å²) in [4.78, 5) is 25.4. The van der Waals surface area contributed by atoms with E-state index in [0.717, 1.165) is 28.9 Å². The SMILES string of the molecule is CCC1CC(=O)NN=C1c1ccc2c(c1)C(C)(C)CC(=O)N2C. The van der Waals surface area contributed by atoms with Gasteiger partial charge in [0.05, 0.1) is 5.71 Å². The Morgan fingerprint density at radius 3 is 2.78 bits per heavy atom. The minimum Gasteiger partial charge on any atom is -0.315 e. The lowest BCUT2D eigenvalue weighted by Crippen LogP contribution is -2.40. The van der Waals surface area contributed by atoms with Crippen molar-refractivity contribution in [3.63, 3.8) is 0 Å². The van der Waals surface area contributed by atoms with Crippen LogP contribution in [0.4, 0.5) is 5.69 Å². The van der Waals surface area contributed by atoms with Crippen molar-refractivity contribution in [3.05, 3.63) is 29.3 Å². The minimum atomic E-state index is -0.199. The van der Waals surface area contributed by atoms with E-state index in [4.69, 9.17) is 0 Å². The zero-order valence-electron chi connectivity index (χ0n) is 14.1. The number of carbonyl (C=O) groups is 2. The molecule has 0 aliphatic carbocycles. The Morgan fingerprint density at radius 1 is 1.35 bits per heavy atom. The van der Waals surface area contributed by atoms with Gasteiger partial charge < -0.3 is 4.90 Å². The van der Waals surface area contributed by atoms with Gasteiger partial charge in [0.2, 0.25) is 11.8 Å². The molecule has 2 aliphatic rings. The highest BCUT2D eigenvalue weighted by Gasteiger charge is 2.36. The Hall–Kier alpha value is -2.17. The van der Waals surface area contributed by atoms with E-state index in [1.807, 2.05) is 19.2 Å². The number of amides is 2. The lowest BCUT2D eigenvalue weighted by atomic mass is 9.76. The number of fused-ring (bicyclic) bond motifs is 1. The molecule has 1 atom stereocenters. The molecule has 0 aromatic heterocycles. The molecule has 5 heteroatoms. The Bertz CT molecular complexity index is 706. The van der Waals surface area contributed by atoms with Crippen LogP contribution in [0.1, 0.15) is 51.2 Å². The highest BCUT2D eigenvalue weighted by Crippen LogP contribution is 2.40. The predicted octanol–water partition coefficient (Wildman–Crippen LogP) is 2.58. The molecular weight excluding hydrogens is 290 g/mol. The fourth-order valence-electron chi connectivity index (χ4n) is 3.47. The second-order valence-electron chi connectivity index (χ2n) is 7.09. The molecule has 0 spiro atoms. The van der Waals surface area contributed by atoms with E-state index in [0.29, 0.717) is 12.8 Å². The first-order chi connectivity index (χ1) is 10.8. The van der Waals surface area contributed by atoms with Gasteiger partial charge in [-0.3, -0.25) is 9.59 Å². The minimum absolute atomic E-state index is 0.0239. The van der Waals surface area contributed by atoms with Gasteiger partial charge in [-0.25, -0.2) is 5.43 Å². The van der Waals surface area contributed by atoms with Crippen LogP contribution in [0, 0.1) is 5.92 Å². The average Bonchev–Trinajstić information content (AvgIpc) is 2.52. The summed E-state index contributed by atoms with van der Waals surface area (Å²) in [5.41, 5.74) is 6.49. The van der Waals surface area contributed by atoms with Gasteiger partial charge in [0.15, 0.2) is 0 Å². The van der Waals surface area contributed by atoms with E-state index in [1.54, 1.807) is 4.90 Å². The molecule has 2 aliphatic heterocycles. The number of nitrogens with one attached hydrogen (secondary N) is 1. The Kier molecular flexibility index (Phi) is 3.74. The molecule has 23 heavy (non-hydrogen) atoms. The number of rotatable bonds is 2. The number of hydrazone groups is 1. The molecular formula is C18H23N3O2. The van der Waals surface area contributed by atoms with Gasteiger partial charge >= 0.3 is 0 Å². The normalized spacial score (nSPS) is 23.2. The molecule has 1 aromatic carbocycles. The van der Waals surface area contributed by atoms with Crippen LogP contribution < -0.4 is 10.3 Å². The predicted molar refractivity (Wildman–Crippen MR) is 90.6 cm³/mol. The number of nitrogens with zero attached hydrogens (tertiary/aromatic N) is 2. The zero-order chi connectivity index (χ0) is 16.8. The molecule has 0 radical (unpaired) electrons. The molecule has 3 rings (SSSR count). The molecule has 0 saturated carbocycles. The maximum Gasteiger partial charge on any atom is 0.240 e. The van der Waals surface area contributed by atoms with Crippen molar-refractivity contribution in [3.8, 4) is 0 Å². The molecule has 5 nitrogen and oxygen atoms in total. The van der Waals surface area contributed by atoms with Crippen molar-refractivity contribution >= 4 is 23.2 Å². The monoisotopic (exact) mass is 313 g/mol. The second-order valence-corrected chi connectivity index (χ2v) is 7.09. The highest BCUT2D eigenvalue weighted by molar-refractivity contribution is 6.07. The van der Waals surface area contributed by atoms with Crippen molar-refractivity contribution in [1.29, 1.82) is 0 Å². The molecule has 122 valence electrons. The summed E-state index contributed by atoms with van der Waals surface area (Å²) < 4.78 is 0. The van der Waals surface area contributed by atoms with Gasteiger partial charge in [0.1, 0.15) is 0 Å². The molecule has 1 aromatic rings. The van der Waals surface area contributed by atoms with Gasteiger partial charge in [0, 0.05) is 36.9 Å². The van der Waals surface area contributed by atoms with Gasteiger partial charge in [-0.05, 0) is 29.7 Å². The Morgan fingerprint density at radius 2 is 2.09 bits per heavy atom. The number of carbonyl (C=O) groups excluding carboxylic acids is 2. The maximum absolute atomic E-state index is 12.1. The first kappa shape index (κ1) is 15.7. The van der Waals surface area contributed by atoms with Crippen LogP contribution in [0.5, 0.6) is 0 Å². The van der Waals surface area contributed by atoms with Gasteiger partial charge in [-0.2, -0.15) is 5.10 Å². The third kappa shape index (κ3) is 2.64. The van der Waals surface area contributed by atoms with E-state index in [2.05, 4.69) is 37.4 Å². The lowest BCUT2D eigenvalue weighted by Gasteiger charge is -2.37. The van der Waals surface area contributed by atoms with Crippen molar-refractivity contribution < 1.29 is 9.59 Å². The van der Waals surface area contributed by atoms with E-state index < -0.39 is 0 Å². The van der Waals surface area contributed by atoms with Crippen LogP contribution in [0.2, 0.25) is 0 Å². The quantitative estimate of drug-likeness (QED) is 0.912. The first-order valence-electron chi connectivity index (χ1n) is 8.11. The molecule has 2 heterocycles. The second kappa shape index (κ2) is 5.48. The van der Waals surface area contributed by atoms with Crippen LogP contribution in [0.3, 0.4) is 0 Å². The van der Waals surface area contributed by atoms with Crippen LogP contribution in [0.15, 0.2) is 23.3 Å². The average molecular weight is 313 g/mol. The maximum atomic E-state index is 12.1. The summed E-state index contributed by atoms with van der Waals surface area (Å²) in [5.74, 6) is 0.265. The van der Waals surface area contributed by atoms with Crippen LogP contribution in [-0.4, -0.2) is 24.6 Å². The van der Waals surface area contributed by atoms with Crippen LogP contribution in [-0.2, 0) is 15.0 Å². The molecule has 1 unspecified atom stereocenters. The van der Waals surface area contributed by atoms with Crippen molar-refractivity contribution in [2.75, 3.05) is 11.9 Å². The topological polar surface area (TPSA) is 61.8 Å². The zero-order valence-corrected chi connectivity index (χ0v) is 14.1. The van der Waals surface area contributed by atoms with Gasteiger partial charge in [-0.1, -0.05) is 26.8 Å². The number of benzene rings is 1. The van der Waals surface area contributed by atoms with Crippen LogP contribution >= 0.6 is 0 Å². The lowest BCUT2D eigenvalue weighted by molar-refractivity contribution is -0.122. The molecule has 1 N–H and O–H groups in total. The van der Waals surface area contributed by atoms with Crippen LogP contribution in [0.25, 0.3) is 0 Å². The number of anilines is 1. The molecule has 2 amide bonds. The van der Waals surface area contributed by atoms with E-state index >= 15 is 0 Å². The third-order valence-corrected chi connectivity index (χ3v) is 4.96. The Balaban J connectivity index is 2.07. The van der Waals surface area contributed by atoms with Gasteiger partial charge in [0.25, 0.3) is 0 Å².